The highest BCUT2D eigenvalue weighted by Gasteiger charge is 2.36. The number of hydrogen-bond donors (Lipinski definition) is 2. The number of carboxylic acids is 1. The van der Waals surface area contributed by atoms with E-state index >= 15 is 0 Å². The molecule has 1 fully saturated rings. The van der Waals surface area contributed by atoms with E-state index in [1.807, 2.05) is 20.8 Å². The molecule has 0 aromatic rings. The standard InChI is InChI=1S/C11H19NO4/c1-4-11(2,3)12-9(13)7-5-6-8(16-7)10(14)15/h7-8H,4-6H2,1-3H3,(H,12,13)(H,14,15)/t7-,8+/m0/s1. The summed E-state index contributed by atoms with van der Waals surface area (Å²) in [7, 11) is 0. The molecule has 1 saturated heterocycles. The van der Waals surface area contributed by atoms with E-state index in [4.69, 9.17) is 9.84 Å². The van der Waals surface area contributed by atoms with Gasteiger partial charge in [0.05, 0.1) is 0 Å². The third kappa shape index (κ3) is 3.20. The summed E-state index contributed by atoms with van der Waals surface area (Å²) in [4.78, 5) is 22.4. The number of ether oxygens (including phenoxy) is 1. The van der Waals surface area contributed by atoms with Crippen molar-refractivity contribution in [1.82, 2.24) is 5.32 Å². The van der Waals surface area contributed by atoms with E-state index in [2.05, 4.69) is 5.32 Å². The minimum absolute atomic E-state index is 0.212. The predicted octanol–water partition coefficient (Wildman–Crippen LogP) is 0.923. The van der Waals surface area contributed by atoms with Crippen molar-refractivity contribution in [3.05, 3.63) is 0 Å². The lowest BCUT2D eigenvalue weighted by Crippen LogP contribution is -2.47. The Balaban J connectivity index is 2.48. The van der Waals surface area contributed by atoms with Gasteiger partial charge in [-0.1, -0.05) is 6.92 Å². The van der Waals surface area contributed by atoms with Gasteiger partial charge in [-0.15, -0.1) is 0 Å². The van der Waals surface area contributed by atoms with Crippen LogP contribution in [0.25, 0.3) is 0 Å². The molecular formula is C11H19NO4. The van der Waals surface area contributed by atoms with E-state index in [0.717, 1.165) is 6.42 Å². The van der Waals surface area contributed by atoms with E-state index in [1.165, 1.54) is 0 Å². The minimum atomic E-state index is -0.995. The largest absolute Gasteiger partial charge is 0.479 e. The van der Waals surface area contributed by atoms with Crippen LogP contribution in [-0.2, 0) is 14.3 Å². The molecular weight excluding hydrogens is 210 g/mol. The summed E-state index contributed by atoms with van der Waals surface area (Å²) in [5.41, 5.74) is -0.276. The van der Waals surface area contributed by atoms with Gasteiger partial charge in [0.1, 0.15) is 6.10 Å². The van der Waals surface area contributed by atoms with Crippen molar-refractivity contribution in [2.75, 3.05) is 0 Å². The van der Waals surface area contributed by atoms with Crippen molar-refractivity contribution in [3.63, 3.8) is 0 Å². The zero-order chi connectivity index (χ0) is 12.3. The molecule has 1 rings (SSSR count). The molecule has 1 aliphatic heterocycles. The number of aliphatic carboxylic acids is 1. The molecule has 5 heteroatoms. The average Bonchev–Trinajstić information content (AvgIpc) is 2.66. The van der Waals surface area contributed by atoms with Gasteiger partial charge in [-0.25, -0.2) is 4.79 Å². The highest BCUT2D eigenvalue weighted by Crippen LogP contribution is 2.21. The zero-order valence-corrected chi connectivity index (χ0v) is 9.95. The minimum Gasteiger partial charge on any atom is -0.479 e. The van der Waals surface area contributed by atoms with E-state index in [9.17, 15) is 9.59 Å². The van der Waals surface area contributed by atoms with Crippen LogP contribution in [0.2, 0.25) is 0 Å². The number of carbonyl (C=O) groups excluding carboxylic acids is 1. The fraction of sp³-hybridized carbons (Fsp3) is 0.818. The van der Waals surface area contributed by atoms with Crippen molar-refractivity contribution in [2.24, 2.45) is 0 Å². The molecule has 0 aromatic carbocycles. The Morgan fingerprint density at radius 2 is 1.94 bits per heavy atom. The van der Waals surface area contributed by atoms with Crippen LogP contribution in [0.3, 0.4) is 0 Å². The van der Waals surface area contributed by atoms with Crippen molar-refractivity contribution >= 4 is 11.9 Å². The first kappa shape index (κ1) is 13.0. The van der Waals surface area contributed by atoms with Crippen LogP contribution in [0.1, 0.15) is 40.0 Å². The summed E-state index contributed by atoms with van der Waals surface area (Å²) in [6.45, 7) is 5.83. The second kappa shape index (κ2) is 4.82. The lowest BCUT2D eigenvalue weighted by atomic mass is 10.0. The first-order chi connectivity index (χ1) is 7.35. The van der Waals surface area contributed by atoms with Crippen molar-refractivity contribution in [2.45, 2.75) is 57.8 Å². The van der Waals surface area contributed by atoms with E-state index in [0.29, 0.717) is 12.8 Å². The maximum atomic E-state index is 11.8. The number of amides is 1. The van der Waals surface area contributed by atoms with Crippen LogP contribution >= 0.6 is 0 Å². The number of hydrogen-bond acceptors (Lipinski definition) is 3. The average molecular weight is 229 g/mol. The second-order valence-corrected chi connectivity index (χ2v) is 4.76. The summed E-state index contributed by atoms with van der Waals surface area (Å²) in [5, 5.41) is 11.6. The second-order valence-electron chi connectivity index (χ2n) is 4.76. The Hall–Kier alpha value is -1.10. The summed E-state index contributed by atoms with van der Waals surface area (Å²) in [5.74, 6) is -1.21. The van der Waals surface area contributed by atoms with Crippen LogP contribution < -0.4 is 5.32 Å². The normalized spacial score (nSPS) is 25.4. The number of carboxylic acid groups (broad SMARTS) is 1. The molecule has 2 atom stereocenters. The maximum Gasteiger partial charge on any atom is 0.332 e. The van der Waals surface area contributed by atoms with Crippen molar-refractivity contribution < 1.29 is 19.4 Å². The van der Waals surface area contributed by atoms with Crippen LogP contribution in [0.4, 0.5) is 0 Å². The van der Waals surface area contributed by atoms with Crippen LogP contribution in [0.5, 0.6) is 0 Å². The van der Waals surface area contributed by atoms with Gasteiger partial charge in [0.2, 0.25) is 5.91 Å². The predicted molar refractivity (Wildman–Crippen MR) is 58.0 cm³/mol. The third-order valence-electron chi connectivity index (χ3n) is 2.93. The van der Waals surface area contributed by atoms with Crippen molar-refractivity contribution in [1.29, 1.82) is 0 Å². The van der Waals surface area contributed by atoms with Gasteiger partial charge < -0.3 is 15.2 Å². The summed E-state index contributed by atoms with van der Waals surface area (Å²) in [6.07, 6.45) is 0.239. The van der Waals surface area contributed by atoms with Gasteiger partial charge in [0.15, 0.2) is 6.10 Å². The first-order valence-electron chi connectivity index (χ1n) is 5.56. The molecule has 0 radical (unpaired) electrons. The van der Waals surface area contributed by atoms with Crippen LogP contribution in [0, 0.1) is 0 Å². The van der Waals surface area contributed by atoms with Crippen LogP contribution in [0.15, 0.2) is 0 Å². The first-order valence-corrected chi connectivity index (χ1v) is 5.56. The monoisotopic (exact) mass is 229 g/mol. The molecule has 0 aromatic heterocycles. The number of nitrogens with one attached hydrogen (secondary N) is 1. The molecule has 1 amide bonds. The molecule has 2 N–H and O–H groups in total. The summed E-state index contributed by atoms with van der Waals surface area (Å²) >= 11 is 0. The van der Waals surface area contributed by atoms with E-state index in [-0.39, 0.29) is 11.4 Å². The molecule has 0 bridgehead atoms. The molecule has 1 aliphatic rings. The highest BCUT2D eigenvalue weighted by molar-refractivity contribution is 5.83. The zero-order valence-electron chi connectivity index (χ0n) is 9.95. The lowest BCUT2D eigenvalue weighted by Gasteiger charge is -2.26. The quantitative estimate of drug-likeness (QED) is 0.751. The highest BCUT2D eigenvalue weighted by atomic mass is 16.5. The number of rotatable bonds is 4. The van der Waals surface area contributed by atoms with Gasteiger partial charge in [-0.3, -0.25) is 4.79 Å². The van der Waals surface area contributed by atoms with E-state index < -0.39 is 18.2 Å². The molecule has 0 spiro atoms. The third-order valence-corrected chi connectivity index (χ3v) is 2.93. The summed E-state index contributed by atoms with van der Waals surface area (Å²) < 4.78 is 5.16. The van der Waals surface area contributed by atoms with Crippen LogP contribution in [-0.4, -0.2) is 34.7 Å². The Morgan fingerprint density at radius 1 is 1.38 bits per heavy atom. The molecule has 0 saturated carbocycles. The maximum absolute atomic E-state index is 11.8. The molecule has 92 valence electrons. The van der Waals surface area contributed by atoms with Gasteiger partial charge in [-0.05, 0) is 33.1 Å². The molecule has 1 heterocycles. The van der Waals surface area contributed by atoms with Gasteiger partial charge in [0, 0.05) is 5.54 Å². The van der Waals surface area contributed by atoms with E-state index in [1.54, 1.807) is 0 Å². The molecule has 0 aliphatic carbocycles. The SMILES string of the molecule is CCC(C)(C)NC(=O)[C@@H]1CC[C@H](C(=O)O)O1. The summed E-state index contributed by atoms with van der Waals surface area (Å²) in [6, 6.07) is 0. The molecule has 0 unspecified atom stereocenters. The molecule has 16 heavy (non-hydrogen) atoms. The van der Waals surface area contributed by atoms with Gasteiger partial charge in [0.25, 0.3) is 0 Å². The number of carbonyl (C=O) groups is 2. The molecule has 5 nitrogen and oxygen atoms in total. The van der Waals surface area contributed by atoms with Gasteiger partial charge in [-0.2, -0.15) is 0 Å². The Morgan fingerprint density at radius 3 is 2.38 bits per heavy atom. The Labute approximate surface area is 95.2 Å². The van der Waals surface area contributed by atoms with Crippen molar-refractivity contribution in [3.8, 4) is 0 Å². The van der Waals surface area contributed by atoms with Gasteiger partial charge >= 0.3 is 5.97 Å². The Bertz CT molecular complexity index is 288. The lowest BCUT2D eigenvalue weighted by molar-refractivity contribution is -0.152. The smallest absolute Gasteiger partial charge is 0.332 e. The fourth-order valence-electron chi connectivity index (χ4n) is 1.51. The topological polar surface area (TPSA) is 75.6 Å². The fourth-order valence-corrected chi connectivity index (χ4v) is 1.51. The Kier molecular flexibility index (Phi) is 3.91.